The quantitative estimate of drug-likeness (QED) is 0.840. The van der Waals surface area contributed by atoms with Crippen LogP contribution in [0.4, 0.5) is 4.39 Å². The Morgan fingerprint density at radius 1 is 1.12 bits per heavy atom. The Labute approximate surface area is 143 Å². The maximum absolute atomic E-state index is 13.9. The van der Waals surface area contributed by atoms with Gasteiger partial charge in [-0.25, -0.2) is 9.18 Å². The second kappa shape index (κ2) is 7.01. The monoisotopic (exact) mass is 347 g/mol. The second-order valence-corrected chi connectivity index (χ2v) is 5.98. The molecule has 3 rings (SSSR count). The standard InChI is InChI=1S/C18H15ClFNO3/c19-13-7-4-8-14(20)15(13)18(23)24-16(11-5-2-1-3-6-11)17(22)21-12-9-10-12/h1-8,12,16H,9-10H2,(H,21,22)/t16-/m0/s1. The van der Waals surface area contributed by atoms with Gasteiger partial charge in [-0.15, -0.1) is 0 Å². The van der Waals surface area contributed by atoms with Gasteiger partial charge >= 0.3 is 5.97 Å². The van der Waals surface area contributed by atoms with E-state index in [4.69, 9.17) is 16.3 Å². The molecule has 0 bridgehead atoms. The number of halogens is 2. The van der Waals surface area contributed by atoms with E-state index in [1.165, 1.54) is 12.1 Å². The Bertz CT molecular complexity index is 742. The van der Waals surface area contributed by atoms with E-state index in [0.29, 0.717) is 5.56 Å². The number of hydrogen-bond acceptors (Lipinski definition) is 3. The van der Waals surface area contributed by atoms with Crippen molar-refractivity contribution in [2.45, 2.75) is 25.0 Å². The molecule has 2 aromatic rings. The molecule has 2 aromatic carbocycles. The van der Waals surface area contributed by atoms with E-state index in [9.17, 15) is 14.0 Å². The van der Waals surface area contributed by atoms with Crippen LogP contribution in [0.15, 0.2) is 48.5 Å². The van der Waals surface area contributed by atoms with Crippen LogP contribution >= 0.6 is 11.6 Å². The molecule has 124 valence electrons. The van der Waals surface area contributed by atoms with Crippen molar-refractivity contribution in [1.82, 2.24) is 5.32 Å². The largest absolute Gasteiger partial charge is 0.444 e. The molecular weight excluding hydrogens is 333 g/mol. The Kier molecular flexibility index (Phi) is 4.81. The Hall–Kier alpha value is -2.40. The number of benzene rings is 2. The van der Waals surface area contributed by atoms with Gasteiger partial charge in [-0.1, -0.05) is 48.0 Å². The highest BCUT2D eigenvalue weighted by atomic mass is 35.5. The van der Waals surface area contributed by atoms with Crippen LogP contribution in [0.2, 0.25) is 5.02 Å². The summed E-state index contributed by atoms with van der Waals surface area (Å²) in [4.78, 5) is 24.8. The zero-order chi connectivity index (χ0) is 17.1. The Morgan fingerprint density at radius 3 is 2.46 bits per heavy atom. The summed E-state index contributed by atoms with van der Waals surface area (Å²) in [6.45, 7) is 0. The highest BCUT2D eigenvalue weighted by molar-refractivity contribution is 6.33. The highest BCUT2D eigenvalue weighted by Crippen LogP contribution is 2.26. The van der Waals surface area contributed by atoms with Gasteiger partial charge in [0.05, 0.1) is 5.02 Å². The van der Waals surface area contributed by atoms with Crippen molar-refractivity contribution in [3.8, 4) is 0 Å². The molecule has 1 atom stereocenters. The molecular formula is C18H15ClFNO3. The number of esters is 1. The predicted molar refractivity (Wildman–Crippen MR) is 87.2 cm³/mol. The average Bonchev–Trinajstić information content (AvgIpc) is 3.37. The molecule has 0 aliphatic heterocycles. The van der Waals surface area contributed by atoms with Crippen LogP contribution in [0.1, 0.15) is 34.9 Å². The van der Waals surface area contributed by atoms with Gasteiger partial charge in [0.25, 0.3) is 5.91 Å². The highest BCUT2D eigenvalue weighted by Gasteiger charge is 2.32. The first-order chi connectivity index (χ1) is 11.6. The SMILES string of the molecule is O=C(O[C@H](C(=O)NC1CC1)c1ccccc1)c1c(F)cccc1Cl. The summed E-state index contributed by atoms with van der Waals surface area (Å²) in [5, 5.41) is 2.73. The van der Waals surface area contributed by atoms with Crippen molar-refractivity contribution >= 4 is 23.5 Å². The number of amides is 1. The molecule has 1 fully saturated rings. The van der Waals surface area contributed by atoms with Crippen molar-refractivity contribution in [2.24, 2.45) is 0 Å². The van der Waals surface area contributed by atoms with Gasteiger partial charge in [0, 0.05) is 11.6 Å². The van der Waals surface area contributed by atoms with E-state index in [-0.39, 0.29) is 16.6 Å². The lowest BCUT2D eigenvalue weighted by Crippen LogP contribution is -2.33. The van der Waals surface area contributed by atoms with Crippen molar-refractivity contribution in [1.29, 1.82) is 0 Å². The van der Waals surface area contributed by atoms with E-state index < -0.39 is 23.8 Å². The molecule has 0 aromatic heterocycles. The molecule has 1 saturated carbocycles. The number of ether oxygens (including phenoxy) is 1. The van der Waals surface area contributed by atoms with Crippen LogP contribution < -0.4 is 5.32 Å². The van der Waals surface area contributed by atoms with Gasteiger partial charge < -0.3 is 10.1 Å². The first kappa shape index (κ1) is 16.5. The van der Waals surface area contributed by atoms with Crippen LogP contribution in [0.25, 0.3) is 0 Å². The maximum Gasteiger partial charge on any atom is 0.343 e. The Balaban J connectivity index is 1.85. The second-order valence-electron chi connectivity index (χ2n) is 5.58. The molecule has 1 amide bonds. The van der Waals surface area contributed by atoms with Gasteiger partial charge in [0.15, 0.2) is 0 Å². The number of nitrogens with one attached hydrogen (secondary N) is 1. The third-order valence-corrected chi connectivity index (χ3v) is 3.97. The fourth-order valence-corrected chi connectivity index (χ4v) is 2.50. The van der Waals surface area contributed by atoms with Gasteiger partial charge in [0.2, 0.25) is 6.10 Å². The zero-order valence-electron chi connectivity index (χ0n) is 12.7. The molecule has 0 unspecified atom stereocenters. The number of carbonyl (C=O) groups excluding carboxylic acids is 2. The number of hydrogen-bond donors (Lipinski definition) is 1. The lowest BCUT2D eigenvalue weighted by atomic mass is 10.1. The Morgan fingerprint density at radius 2 is 1.83 bits per heavy atom. The van der Waals surface area contributed by atoms with E-state index in [0.717, 1.165) is 18.9 Å². The van der Waals surface area contributed by atoms with Crippen LogP contribution in [0.3, 0.4) is 0 Å². The van der Waals surface area contributed by atoms with E-state index >= 15 is 0 Å². The topological polar surface area (TPSA) is 55.4 Å². The zero-order valence-corrected chi connectivity index (χ0v) is 13.4. The maximum atomic E-state index is 13.9. The molecule has 0 saturated heterocycles. The summed E-state index contributed by atoms with van der Waals surface area (Å²) in [5.74, 6) is -2.19. The third-order valence-electron chi connectivity index (χ3n) is 3.66. The van der Waals surface area contributed by atoms with Crippen molar-refractivity contribution in [2.75, 3.05) is 0 Å². The summed E-state index contributed by atoms with van der Waals surface area (Å²) in [6.07, 6.45) is 0.649. The molecule has 0 spiro atoms. The predicted octanol–water partition coefficient (Wildman–Crippen LogP) is 3.66. The summed E-state index contributed by atoms with van der Waals surface area (Å²) in [7, 11) is 0. The summed E-state index contributed by atoms with van der Waals surface area (Å²) < 4.78 is 19.2. The molecule has 0 heterocycles. The summed E-state index contributed by atoms with van der Waals surface area (Å²) in [6, 6.07) is 12.6. The van der Waals surface area contributed by atoms with Gasteiger partial charge in [-0.2, -0.15) is 0 Å². The summed E-state index contributed by atoms with van der Waals surface area (Å²) >= 11 is 5.89. The van der Waals surface area contributed by atoms with Crippen molar-refractivity contribution < 1.29 is 18.7 Å². The minimum atomic E-state index is -1.16. The van der Waals surface area contributed by atoms with Crippen LogP contribution in [-0.2, 0) is 9.53 Å². The average molecular weight is 348 g/mol. The molecule has 0 radical (unpaired) electrons. The van der Waals surface area contributed by atoms with E-state index in [2.05, 4.69) is 5.32 Å². The first-order valence-electron chi connectivity index (χ1n) is 7.56. The molecule has 1 aliphatic carbocycles. The summed E-state index contributed by atoms with van der Waals surface area (Å²) in [5.41, 5.74) is 0.135. The van der Waals surface area contributed by atoms with Gasteiger partial charge in [-0.05, 0) is 25.0 Å². The molecule has 24 heavy (non-hydrogen) atoms. The molecule has 1 N–H and O–H groups in total. The number of carbonyl (C=O) groups is 2. The van der Waals surface area contributed by atoms with Crippen LogP contribution in [0.5, 0.6) is 0 Å². The first-order valence-corrected chi connectivity index (χ1v) is 7.94. The lowest BCUT2D eigenvalue weighted by Gasteiger charge is -2.18. The van der Waals surface area contributed by atoms with Gasteiger partial charge in [0.1, 0.15) is 11.4 Å². The normalized spacial score (nSPS) is 14.8. The van der Waals surface area contributed by atoms with Crippen molar-refractivity contribution in [3.63, 3.8) is 0 Å². The fraction of sp³-hybridized carbons (Fsp3) is 0.222. The number of rotatable bonds is 5. The lowest BCUT2D eigenvalue weighted by molar-refractivity contribution is -0.130. The van der Waals surface area contributed by atoms with E-state index in [1.54, 1.807) is 30.3 Å². The molecule has 4 nitrogen and oxygen atoms in total. The minimum absolute atomic E-state index is 0.0607. The fourth-order valence-electron chi connectivity index (χ4n) is 2.26. The smallest absolute Gasteiger partial charge is 0.343 e. The molecule has 1 aliphatic rings. The van der Waals surface area contributed by atoms with Crippen LogP contribution in [0, 0.1) is 5.82 Å². The minimum Gasteiger partial charge on any atom is -0.444 e. The van der Waals surface area contributed by atoms with Gasteiger partial charge in [-0.3, -0.25) is 4.79 Å². The van der Waals surface area contributed by atoms with E-state index in [1.807, 2.05) is 0 Å². The third kappa shape index (κ3) is 3.74. The molecule has 6 heteroatoms. The van der Waals surface area contributed by atoms with Crippen LogP contribution in [-0.4, -0.2) is 17.9 Å². The van der Waals surface area contributed by atoms with Crippen molar-refractivity contribution in [3.05, 3.63) is 70.5 Å².